The molecule has 3 aromatic heterocycles. The van der Waals surface area contributed by atoms with Gasteiger partial charge in [-0.1, -0.05) is 24.3 Å². The minimum atomic E-state index is 0.787. The van der Waals surface area contributed by atoms with Gasteiger partial charge in [0.25, 0.3) is 0 Å². The number of hydrogen-bond donors (Lipinski definition) is 3. The summed E-state index contributed by atoms with van der Waals surface area (Å²) in [5.41, 5.74) is 7.88. The number of hydrogen-bond acceptors (Lipinski definition) is 5. The van der Waals surface area contributed by atoms with E-state index < -0.39 is 0 Å². The second kappa shape index (κ2) is 7.43. The fourth-order valence-electron chi connectivity index (χ4n) is 4.87. The monoisotopic (exact) mass is 448 g/mol. The molecule has 3 N–H and O–H groups in total. The largest absolute Gasteiger partial charge is 0.369 e. The Morgan fingerprint density at radius 3 is 2.44 bits per heavy atom. The van der Waals surface area contributed by atoms with E-state index in [1.54, 1.807) is 0 Å². The van der Waals surface area contributed by atoms with Crippen LogP contribution in [0.25, 0.3) is 55.9 Å². The van der Waals surface area contributed by atoms with Gasteiger partial charge in [-0.15, -0.1) is 0 Å². The highest BCUT2D eigenvalue weighted by Gasteiger charge is 2.18. The summed E-state index contributed by atoms with van der Waals surface area (Å²) >= 11 is 0. The van der Waals surface area contributed by atoms with Crippen molar-refractivity contribution >= 4 is 38.7 Å². The van der Waals surface area contributed by atoms with Gasteiger partial charge in [0.1, 0.15) is 17.0 Å². The van der Waals surface area contributed by atoms with Crippen LogP contribution in [0.2, 0.25) is 0 Å². The fourth-order valence-corrected chi connectivity index (χ4v) is 4.87. The van der Waals surface area contributed by atoms with Crippen LogP contribution >= 0.6 is 0 Å². The van der Waals surface area contributed by atoms with Crippen LogP contribution in [0.1, 0.15) is 0 Å². The lowest BCUT2D eigenvalue weighted by Gasteiger charge is -2.34. The summed E-state index contributed by atoms with van der Waals surface area (Å²) in [6.07, 6.45) is 0. The molecule has 1 saturated heterocycles. The standard InChI is InChI=1S/C26H24N8/c1-33-11-13-34(14-12-33)16-9-10-21-22(15-16)30-26(29-21)24-17-5-4-6-18(23(17)31-32-24)25-27-19-7-2-3-8-20(19)28-25/h2-10,15H,11-14H2,1H3,(H,27,28)(H,29,30)(H,31,32). The van der Waals surface area contributed by atoms with E-state index in [1.165, 1.54) is 5.69 Å². The van der Waals surface area contributed by atoms with E-state index in [2.05, 4.69) is 61.3 Å². The van der Waals surface area contributed by atoms with Gasteiger partial charge in [-0.3, -0.25) is 5.10 Å². The molecule has 0 unspecified atom stereocenters. The molecule has 7 rings (SSSR count). The number of benzene rings is 3. The van der Waals surface area contributed by atoms with Crippen molar-refractivity contribution in [1.29, 1.82) is 0 Å². The number of aromatic nitrogens is 6. The number of piperazine rings is 1. The molecule has 0 radical (unpaired) electrons. The van der Waals surface area contributed by atoms with Gasteiger partial charge < -0.3 is 19.8 Å². The highest BCUT2D eigenvalue weighted by atomic mass is 15.2. The first-order valence-corrected chi connectivity index (χ1v) is 11.6. The Balaban J connectivity index is 1.28. The summed E-state index contributed by atoms with van der Waals surface area (Å²) in [6.45, 7) is 4.25. The van der Waals surface area contributed by atoms with Gasteiger partial charge in [0, 0.05) is 42.8 Å². The molecule has 6 aromatic rings. The summed E-state index contributed by atoms with van der Waals surface area (Å²) in [4.78, 5) is 21.4. The molecule has 8 nitrogen and oxygen atoms in total. The maximum Gasteiger partial charge on any atom is 0.157 e. The van der Waals surface area contributed by atoms with Crippen LogP contribution in [0.3, 0.4) is 0 Å². The third-order valence-electron chi connectivity index (χ3n) is 6.80. The molecule has 1 fully saturated rings. The van der Waals surface area contributed by atoms with Gasteiger partial charge in [-0.2, -0.15) is 5.10 Å². The van der Waals surface area contributed by atoms with Crippen LogP contribution in [0.5, 0.6) is 0 Å². The number of nitrogens with zero attached hydrogens (tertiary/aromatic N) is 5. The van der Waals surface area contributed by atoms with Gasteiger partial charge >= 0.3 is 0 Å². The Morgan fingerprint density at radius 1 is 0.765 bits per heavy atom. The first-order chi connectivity index (χ1) is 16.7. The Morgan fingerprint density at radius 2 is 1.56 bits per heavy atom. The van der Waals surface area contributed by atoms with Gasteiger partial charge in [-0.05, 0) is 43.4 Å². The zero-order valence-electron chi connectivity index (χ0n) is 18.8. The number of para-hydroxylation sites is 3. The molecule has 3 aromatic carbocycles. The van der Waals surface area contributed by atoms with Crippen molar-refractivity contribution in [2.24, 2.45) is 0 Å². The predicted molar refractivity (Wildman–Crippen MR) is 136 cm³/mol. The molecule has 0 spiro atoms. The third kappa shape index (κ3) is 3.07. The van der Waals surface area contributed by atoms with Crippen molar-refractivity contribution in [2.45, 2.75) is 0 Å². The van der Waals surface area contributed by atoms with Crippen LogP contribution in [0.15, 0.2) is 60.7 Å². The van der Waals surface area contributed by atoms with Crippen molar-refractivity contribution in [3.05, 3.63) is 60.7 Å². The third-order valence-corrected chi connectivity index (χ3v) is 6.80. The van der Waals surface area contributed by atoms with Crippen LogP contribution < -0.4 is 4.90 Å². The Bertz CT molecular complexity index is 1610. The van der Waals surface area contributed by atoms with Crippen molar-refractivity contribution < 1.29 is 0 Å². The number of imidazole rings is 2. The quantitative estimate of drug-likeness (QED) is 0.373. The molecule has 0 saturated carbocycles. The SMILES string of the molecule is CN1CCN(c2ccc3nc(-c4[nH]nc5c(-c6nc7ccccc7[nH]6)cccc45)[nH]c3c2)CC1. The molecular formula is C26H24N8. The van der Waals surface area contributed by atoms with E-state index in [9.17, 15) is 0 Å². The summed E-state index contributed by atoms with van der Waals surface area (Å²) < 4.78 is 0. The zero-order valence-corrected chi connectivity index (χ0v) is 18.8. The molecule has 8 heteroatoms. The normalized spacial score (nSPS) is 15.1. The Hall–Kier alpha value is -4.17. The summed E-state index contributed by atoms with van der Waals surface area (Å²) in [5.74, 6) is 1.60. The number of aromatic amines is 3. The second-order valence-corrected chi connectivity index (χ2v) is 8.98. The maximum atomic E-state index is 4.86. The molecule has 0 amide bonds. The van der Waals surface area contributed by atoms with Gasteiger partial charge in [0.15, 0.2) is 5.82 Å². The van der Waals surface area contributed by atoms with Crippen molar-refractivity contribution in [3.8, 4) is 22.9 Å². The Kier molecular flexibility index (Phi) is 4.22. The lowest BCUT2D eigenvalue weighted by atomic mass is 10.1. The average molecular weight is 449 g/mol. The molecule has 0 atom stereocenters. The lowest BCUT2D eigenvalue weighted by Crippen LogP contribution is -2.44. The average Bonchev–Trinajstić information content (AvgIpc) is 3.59. The van der Waals surface area contributed by atoms with Crippen LogP contribution in [-0.2, 0) is 0 Å². The molecule has 0 aliphatic carbocycles. The van der Waals surface area contributed by atoms with E-state index in [0.717, 1.165) is 82.1 Å². The predicted octanol–water partition coefficient (Wildman–Crippen LogP) is 4.40. The zero-order chi connectivity index (χ0) is 22.6. The number of likely N-dealkylation sites (N-methyl/N-ethyl adjacent to an activating group) is 1. The first-order valence-electron chi connectivity index (χ1n) is 11.6. The molecule has 1 aliphatic rings. The van der Waals surface area contributed by atoms with Gasteiger partial charge in [0.05, 0.1) is 22.1 Å². The summed E-state index contributed by atoms with van der Waals surface area (Å²) in [5, 5.41) is 8.88. The highest BCUT2D eigenvalue weighted by molar-refractivity contribution is 6.01. The van der Waals surface area contributed by atoms with Crippen LogP contribution in [-0.4, -0.2) is 68.3 Å². The van der Waals surface area contributed by atoms with Gasteiger partial charge in [-0.25, -0.2) is 9.97 Å². The number of anilines is 1. The Labute approximate surface area is 195 Å². The smallest absolute Gasteiger partial charge is 0.157 e. The topological polar surface area (TPSA) is 92.5 Å². The summed E-state index contributed by atoms with van der Waals surface area (Å²) in [6, 6.07) is 20.7. The summed E-state index contributed by atoms with van der Waals surface area (Å²) in [7, 11) is 2.18. The number of H-pyrrole nitrogens is 3. The minimum Gasteiger partial charge on any atom is -0.369 e. The van der Waals surface area contributed by atoms with E-state index in [1.807, 2.05) is 36.4 Å². The fraction of sp³-hybridized carbons (Fsp3) is 0.192. The van der Waals surface area contributed by atoms with E-state index in [4.69, 9.17) is 9.97 Å². The lowest BCUT2D eigenvalue weighted by molar-refractivity contribution is 0.313. The van der Waals surface area contributed by atoms with Crippen LogP contribution in [0, 0.1) is 0 Å². The minimum absolute atomic E-state index is 0.787. The number of rotatable bonds is 3. The van der Waals surface area contributed by atoms with Crippen molar-refractivity contribution in [1.82, 2.24) is 35.0 Å². The van der Waals surface area contributed by atoms with Gasteiger partial charge in [0.2, 0.25) is 0 Å². The molecule has 168 valence electrons. The van der Waals surface area contributed by atoms with E-state index in [0.29, 0.717) is 0 Å². The maximum absolute atomic E-state index is 4.86. The van der Waals surface area contributed by atoms with E-state index >= 15 is 0 Å². The van der Waals surface area contributed by atoms with E-state index in [-0.39, 0.29) is 0 Å². The molecular weight excluding hydrogens is 424 g/mol. The first kappa shape index (κ1) is 19.3. The highest BCUT2D eigenvalue weighted by Crippen LogP contribution is 2.33. The van der Waals surface area contributed by atoms with Crippen LogP contribution in [0.4, 0.5) is 5.69 Å². The molecule has 34 heavy (non-hydrogen) atoms. The molecule has 1 aliphatic heterocycles. The van der Waals surface area contributed by atoms with Crippen molar-refractivity contribution in [3.63, 3.8) is 0 Å². The van der Waals surface area contributed by atoms with Crippen molar-refractivity contribution in [2.75, 3.05) is 38.1 Å². The molecule has 4 heterocycles. The number of nitrogens with one attached hydrogen (secondary N) is 3. The second-order valence-electron chi connectivity index (χ2n) is 8.98. The molecule has 0 bridgehead atoms. The number of fused-ring (bicyclic) bond motifs is 3.